The number of aryl methyl sites for hydroxylation is 1. The quantitative estimate of drug-likeness (QED) is 0.805. The minimum Gasteiger partial charge on any atom is -0.477 e. The van der Waals surface area contributed by atoms with Gasteiger partial charge in [-0.2, -0.15) is 0 Å². The van der Waals surface area contributed by atoms with Crippen molar-refractivity contribution in [1.82, 2.24) is 10.2 Å². The minimum atomic E-state index is -0.739. The van der Waals surface area contributed by atoms with Crippen molar-refractivity contribution in [2.45, 2.75) is 57.6 Å². The number of ether oxygens (including phenoxy) is 1. The molecule has 0 unspecified atom stereocenters. The van der Waals surface area contributed by atoms with E-state index < -0.39 is 5.60 Å². The topological polar surface area (TPSA) is 41.6 Å². The van der Waals surface area contributed by atoms with Crippen molar-refractivity contribution in [1.29, 1.82) is 0 Å². The summed E-state index contributed by atoms with van der Waals surface area (Å²) in [6.07, 6.45) is 9.09. The van der Waals surface area contributed by atoms with Gasteiger partial charge in [-0.15, -0.1) is 0 Å². The number of nitrogens with one attached hydrogen (secondary N) is 1. The Hall–Kier alpha value is -1.81. The molecule has 2 heterocycles. The predicted molar refractivity (Wildman–Crippen MR) is 101 cm³/mol. The molecule has 1 saturated heterocycles. The Kier molecular flexibility index (Phi) is 5.79. The van der Waals surface area contributed by atoms with E-state index in [0.717, 1.165) is 50.9 Å². The van der Waals surface area contributed by atoms with Gasteiger partial charge in [0.15, 0.2) is 5.60 Å². The van der Waals surface area contributed by atoms with Gasteiger partial charge in [-0.25, -0.2) is 0 Å². The fourth-order valence-corrected chi connectivity index (χ4v) is 3.75. The molecular formula is C21H30N2O2. The SMILES string of the molecule is CCCC[C@H]1C=CCN1C(=O)C1(Oc2ccc(C)cc2)CCNCC1. The maximum atomic E-state index is 13.5. The Morgan fingerprint density at radius 2 is 2.00 bits per heavy atom. The van der Waals surface area contributed by atoms with Crippen molar-refractivity contribution < 1.29 is 9.53 Å². The average molecular weight is 342 g/mol. The van der Waals surface area contributed by atoms with Crippen LogP contribution >= 0.6 is 0 Å². The normalized spacial score (nSPS) is 22.2. The molecule has 0 saturated carbocycles. The van der Waals surface area contributed by atoms with E-state index in [4.69, 9.17) is 4.74 Å². The zero-order valence-electron chi connectivity index (χ0n) is 15.5. The lowest BCUT2D eigenvalue weighted by molar-refractivity contribution is -0.151. The number of hydrogen-bond acceptors (Lipinski definition) is 3. The van der Waals surface area contributed by atoms with Crippen LogP contribution in [-0.4, -0.2) is 42.1 Å². The average Bonchev–Trinajstić information content (AvgIpc) is 3.10. The molecule has 2 aliphatic rings. The van der Waals surface area contributed by atoms with Crippen molar-refractivity contribution >= 4 is 5.91 Å². The lowest BCUT2D eigenvalue weighted by Crippen LogP contribution is -2.58. The first-order valence-corrected chi connectivity index (χ1v) is 9.59. The highest BCUT2D eigenvalue weighted by Crippen LogP contribution is 2.31. The summed E-state index contributed by atoms with van der Waals surface area (Å²) < 4.78 is 6.37. The zero-order valence-corrected chi connectivity index (χ0v) is 15.5. The maximum absolute atomic E-state index is 13.5. The van der Waals surface area contributed by atoms with Crippen LogP contribution in [-0.2, 0) is 4.79 Å². The molecule has 0 bridgehead atoms. The first-order chi connectivity index (χ1) is 12.1. The van der Waals surface area contributed by atoms with Crippen LogP contribution in [0.2, 0.25) is 0 Å². The van der Waals surface area contributed by atoms with Crippen molar-refractivity contribution in [3.05, 3.63) is 42.0 Å². The lowest BCUT2D eigenvalue weighted by Gasteiger charge is -2.40. The number of rotatable bonds is 6. The summed E-state index contributed by atoms with van der Waals surface area (Å²) in [5, 5.41) is 3.36. The van der Waals surface area contributed by atoms with Crippen molar-refractivity contribution in [2.75, 3.05) is 19.6 Å². The summed E-state index contributed by atoms with van der Waals surface area (Å²) in [5.74, 6) is 0.943. The second-order valence-corrected chi connectivity index (χ2v) is 7.25. The molecule has 1 atom stereocenters. The van der Waals surface area contributed by atoms with Crippen LogP contribution in [0.1, 0.15) is 44.6 Å². The first kappa shape index (κ1) is 18.0. The van der Waals surface area contributed by atoms with Crippen LogP contribution in [0.5, 0.6) is 5.75 Å². The van der Waals surface area contributed by atoms with Crippen LogP contribution in [0.4, 0.5) is 0 Å². The van der Waals surface area contributed by atoms with Gasteiger partial charge in [-0.1, -0.05) is 49.6 Å². The molecule has 136 valence electrons. The number of amides is 1. The molecule has 1 aromatic carbocycles. The number of benzene rings is 1. The smallest absolute Gasteiger partial charge is 0.267 e. The summed E-state index contributed by atoms with van der Waals surface area (Å²) in [5.41, 5.74) is 0.457. The molecule has 0 radical (unpaired) electrons. The maximum Gasteiger partial charge on any atom is 0.267 e. The molecule has 1 amide bonds. The van der Waals surface area contributed by atoms with Gasteiger partial charge >= 0.3 is 0 Å². The molecule has 1 fully saturated rings. The molecule has 0 aromatic heterocycles. The van der Waals surface area contributed by atoms with Crippen molar-refractivity contribution in [3.63, 3.8) is 0 Å². The summed E-state index contributed by atoms with van der Waals surface area (Å²) in [6.45, 7) is 6.60. The van der Waals surface area contributed by atoms with Crippen molar-refractivity contribution in [2.24, 2.45) is 0 Å². The summed E-state index contributed by atoms with van der Waals surface area (Å²) in [6, 6.07) is 8.25. The number of piperidine rings is 1. The molecule has 0 aliphatic carbocycles. The van der Waals surface area contributed by atoms with E-state index in [1.807, 2.05) is 29.2 Å². The van der Waals surface area contributed by atoms with E-state index in [1.165, 1.54) is 5.56 Å². The number of nitrogens with zero attached hydrogens (tertiary/aromatic N) is 1. The van der Waals surface area contributed by atoms with Gasteiger partial charge in [0, 0.05) is 19.4 Å². The number of carbonyl (C=O) groups excluding carboxylic acids is 1. The molecule has 2 aliphatic heterocycles. The molecule has 1 aromatic rings. The van der Waals surface area contributed by atoms with Crippen LogP contribution in [0.15, 0.2) is 36.4 Å². The molecule has 3 rings (SSSR count). The van der Waals surface area contributed by atoms with Gasteiger partial charge in [-0.3, -0.25) is 4.79 Å². The standard InChI is InChI=1S/C21H30N2O2/c1-3-4-6-18-7-5-16-23(18)20(24)21(12-14-22-15-13-21)25-19-10-8-17(2)9-11-19/h5,7-11,18,22H,3-4,6,12-16H2,1-2H3/t18-/m0/s1. The van der Waals surface area contributed by atoms with Gasteiger partial charge in [0.2, 0.25) is 0 Å². The van der Waals surface area contributed by atoms with E-state index in [-0.39, 0.29) is 11.9 Å². The highest BCUT2D eigenvalue weighted by atomic mass is 16.5. The third-order valence-electron chi connectivity index (χ3n) is 5.31. The Labute approximate surface area is 151 Å². The number of unbranched alkanes of at least 4 members (excludes halogenated alkanes) is 1. The molecule has 4 nitrogen and oxygen atoms in total. The molecular weight excluding hydrogens is 312 g/mol. The van der Waals surface area contributed by atoms with Crippen LogP contribution in [0, 0.1) is 6.92 Å². The van der Waals surface area contributed by atoms with Gasteiger partial charge in [0.1, 0.15) is 5.75 Å². The monoisotopic (exact) mass is 342 g/mol. The van der Waals surface area contributed by atoms with Gasteiger partial charge in [0.25, 0.3) is 5.91 Å². The van der Waals surface area contributed by atoms with E-state index in [2.05, 4.69) is 31.3 Å². The second kappa shape index (κ2) is 8.05. The van der Waals surface area contributed by atoms with E-state index >= 15 is 0 Å². The fraction of sp³-hybridized carbons (Fsp3) is 0.571. The minimum absolute atomic E-state index is 0.153. The van der Waals surface area contributed by atoms with E-state index in [9.17, 15) is 4.79 Å². The summed E-state index contributed by atoms with van der Waals surface area (Å²) >= 11 is 0. The molecule has 0 spiro atoms. The van der Waals surface area contributed by atoms with Crippen LogP contribution in [0.3, 0.4) is 0 Å². The number of carbonyl (C=O) groups is 1. The Morgan fingerprint density at radius 3 is 2.68 bits per heavy atom. The summed E-state index contributed by atoms with van der Waals surface area (Å²) in [7, 11) is 0. The lowest BCUT2D eigenvalue weighted by atomic mass is 9.89. The van der Waals surface area contributed by atoms with Crippen molar-refractivity contribution in [3.8, 4) is 5.75 Å². The van der Waals surface area contributed by atoms with Gasteiger partial charge in [0.05, 0.1) is 6.04 Å². The first-order valence-electron chi connectivity index (χ1n) is 9.59. The molecule has 1 N–H and O–H groups in total. The van der Waals surface area contributed by atoms with Gasteiger partial charge < -0.3 is 15.0 Å². The highest BCUT2D eigenvalue weighted by Gasteiger charge is 2.46. The van der Waals surface area contributed by atoms with Crippen LogP contribution in [0.25, 0.3) is 0 Å². The Bertz CT molecular complexity index is 603. The second-order valence-electron chi connectivity index (χ2n) is 7.25. The molecule has 4 heteroatoms. The van der Waals surface area contributed by atoms with Gasteiger partial charge in [-0.05, 0) is 38.6 Å². The Morgan fingerprint density at radius 1 is 1.28 bits per heavy atom. The zero-order chi connectivity index (χ0) is 17.7. The highest BCUT2D eigenvalue weighted by molar-refractivity contribution is 5.87. The van der Waals surface area contributed by atoms with Crippen LogP contribution < -0.4 is 10.1 Å². The fourth-order valence-electron chi connectivity index (χ4n) is 3.75. The third kappa shape index (κ3) is 4.06. The largest absolute Gasteiger partial charge is 0.477 e. The summed E-state index contributed by atoms with van der Waals surface area (Å²) in [4.78, 5) is 15.5. The third-order valence-corrected chi connectivity index (χ3v) is 5.31. The molecule has 25 heavy (non-hydrogen) atoms. The van der Waals surface area contributed by atoms with E-state index in [0.29, 0.717) is 6.54 Å². The predicted octanol–water partition coefficient (Wildman–Crippen LogP) is 3.45. The number of hydrogen-bond donors (Lipinski definition) is 1. The Balaban J connectivity index is 1.79. The van der Waals surface area contributed by atoms with E-state index in [1.54, 1.807) is 0 Å².